The van der Waals surface area contributed by atoms with Gasteiger partial charge < -0.3 is 0 Å². The smallest absolute Gasteiger partial charge is 0.214 e. The van der Waals surface area contributed by atoms with Gasteiger partial charge in [0.2, 0.25) is 0 Å². The maximum absolute atomic E-state index is 2.53. The standard InChI is InChI=1S/C30H37P2.C5H5.Fe/c1-31(24-14-5-2-6-15-24)29-22-12-11-20-27(29)28-21-13-23-30(28)32(25-16-7-3-8-17-25)26-18-9-4-10-19-26;1-2-4-5-3-1;/h2,5-6,11-15,20-23,25-26H,3-4,7-10,16-19H2,1H3;1-5H;/q2*-1;+2. The van der Waals surface area contributed by atoms with Crippen molar-refractivity contribution in [1.82, 2.24) is 0 Å². The van der Waals surface area contributed by atoms with Gasteiger partial charge in [0.25, 0.3) is 0 Å². The zero-order valence-electron chi connectivity index (χ0n) is 22.8. The van der Waals surface area contributed by atoms with Gasteiger partial charge in [-0.2, -0.15) is 18.2 Å². The molecule has 2 fully saturated rings. The fraction of sp³-hybridized carbons (Fsp3) is 0.371. The van der Waals surface area contributed by atoms with E-state index in [-0.39, 0.29) is 32.9 Å². The van der Waals surface area contributed by atoms with Crippen molar-refractivity contribution in [2.75, 3.05) is 6.66 Å². The summed E-state index contributed by atoms with van der Waals surface area (Å²) in [5, 5.41) is 3.22. The minimum Gasteiger partial charge on any atom is -0.214 e. The van der Waals surface area contributed by atoms with Crippen LogP contribution in [0.4, 0.5) is 0 Å². The average molecular weight is 581 g/mol. The van der Waals surface area contributed by atoms with E-state index < -0.39 is 0 Å². The summed E-state index contributed by atoms with van der Waals surface area (Å²) in [6.07, 6.45) is 31.3. The molecule has 4 aliphatic carbocycles. The first-order valence-electron chi connectivity index (χ1n) is 14.4. The third-order valence-electron chi connectivity index (χ3n) is 8.26. The molecule has 2 aromatic carbocycles. The van der Waals surface area contributed by atoms with E-state index in [0.717, 1.165) is 11.3 Å². The fourth-order valence-electron chi connectivity index (χ4n) is 6.38. The summed E-state index contributed by atoms with van der Waals surface area (Å²) in [5.41, 5.74) is 6.51. The van der Waals surface area contributed by atoms with Crippen molar-refractivity contribution in [2.45, 2.75) is 75.5 Å². The Morgan fingerprint density at radius 2 is 1.37 bits per heavy atom. The molecule has 2 saturated carbocycles. The van der Waals surface area contributed by atoms with Crippen molar-refractivity contribution in [2.24, 2.45) is 0 Å². The van der Waals surface area contributed by atoms with Crippen molar-refractivity contribution < 1.29 is 17.1 Å². The molecule has 0 saturated heterocycles. The van der Waals surface area contributed by atoms with Crippen LogP contribution in [0.3, 0.4) is 0 Å². The van der Waals surface area contributed by atoms with Gasteiger partial charge in [-0.3, -0.25) is 0 Å². The van der Waals surface area contributed by atoms with Crippen LogP contribution in [0.25, 0.3) is 0 Å². The Balaban J connectivity index is 0.000000504. The van der Waals surface area contributed by atoms with E-state index in [1.54, 1.807) is 16.5 Å². The summed E-state index contributed by atoms with van der Waals surface area (Å²) < 4.78 is 0. The van der Waals surface area contributed by atoms with Crippen LogP contribution >= 0.6 is 15.8 Å². The molecule has 0 nitrogen and oxygen atoms in total. The zero-order valence-corrected chi connectivity index (χ0v) is 25.7. The Labute approximate surface area is 244 Å². The van der Waals surface area contributed by atoms with Gasteiger partial charge in [-0.25, -0.2) is 12.1 Å². The number of benzene rings is 1. The van der Waals surface area contributed by atoms with Crippen molar-refractivity contribution in [3.63, 3.8) is 0 Å². The first-order chi connectivity index (χ1) is 18.3. The van der Waals surface area contributed by atoms with Crippen molar-refractivity contribution in [1.29, 1.82) is 0 Å². The largest absolute Gasteiger partial charge is 2.00 e. The van der Waals surface area contributed by atoms with E-state index in [9.17, 15) is 0 Å². The monoisotopic (exact) mass is 580 g/mol. The van der Waals surface area contributed by atoms with Crippen LogP contribution in [0.15, 0.2) is 120 Å². The SMILES string of the molecule is CP(c1ccccc1)[C-]1C=CC=CC1=C1C=CC=C1P(C1CCCCC1)C1CCCCC1.[Fe+2].c1cc[cH-]c1. The molecule has 1 unspecified atom stereocenters. The molecule has 2 aromatic rings. The predicted molar refractivity (Wildman–Crippen MR) is 167 cm³/mol. The number of allylic oxidation sites excluding steroid dienone is 10. The summed E-state index contributed by atoms with van der Waals surface area (Å²) in [5.74, 6) is 0. The summed E-state index contributed by atoms with van der Waals surface area (Å²) in [6, 6.07) is 21.1. The van der Waals surface area contributed by atoms with Gasteiger partial charge in [0.1, 0.15) is 0 Å². The molecule has 0 aromatic heterocycles. The predicted octanol–water partition coefficient (Wildman–Crippen LogP) is 10.4. The maximum atomic E-state index is 2.53. The van der Waals surface area contributed by atoms with Crippen LogP contribution in [0.2, 0.25) is 0 Å². The second kappa shape index (κ2) is 15.3. The van der Waals surface area contributed by atoms with Crippen LogP contribution in [0.1, 0.15) is 64.2 Å². The molecule has 0 aliphatic heterocycles. The van der Waals surface area contributed by atoms with Gasteiger partial charge in [-0.05, 0) is 49.0 Å². The molecule has 0 bridgehead atoms. The molecule has 3 heteroatoms. The zero-order chi connectivity index (χ0) is 25.3. The van der Waals surface area contributed by atoms with Gasteiger partial charge in [-0.1, -0.05) is 114 Å². The third-order valence-corrected chi connectivity index (χ3v) is 14.0. The topological polar surface area (TPSA) is 0 Å². The summed E-state index contributed by atoms with van der Waals surface area (Å²) in [7, 11) is -0.428. The molecule has 38 heavy (non-hydrogen) atoms. The molecule has 0 amide bonds. The van der Waals surface area contributed by atoms with Gasteiger partial charge in [0.05, 0.1) is 0 Å². The van der Waals surface area contributed by atoms with Crippen molar-refractivity contribution in [3.8, 4) is 0 Å². The van der Waals surface area contributed by atoms with Gasteiger partial charge >= 0.3 is 17.1 Å². The van der Waals surface area contributed by atoms with Crippen LogP contribution in [-0.4, -0.2) is 18.0 Å². The van der Waals surface area contributed by atoms with E-state index in [1.807, 2.05) is 30.3 Å². The van der Waals surface area contributed by atoms with E-state index in [0.29, 0.717) is 0 Å². The Hall–Kier alpha value is -1.48. The van der Waals surface area contributed by atoms with E-state index >= 15 is 0 Å². The number of hydrogen-bond acceptors (Lipinski definition) is 0. The minimum absolute atomic E-state index is 0. The third kappa shape index (κ3) is 7.37. The van der Waals surface area contributed by atoms with Crippen LogP contribution in [0, 0.1) is 5.66 Å². The summed E-state index contributed by atoms with van der Waals surface area (Å²) in [6.45, 7) is 2.44. The Kier molecular flexibility index (Phi) is 11.9. The maximum Gasteiger partial charge on any atom is 2.00 e. The average Bonchev–Trinajstić information content (AvgIpc) is 3.71. The van der Waals surface area contributed by atoms with Crippen molar-refractivity contribution in [3.05, 3.63) is 125 Å². The number of rotatable bonds is 5. The first-order valence-corrected chi connectivity index (χ1v) is 17.7. The molecule has 0 N–H and O–H groups in total. The van der Waals surface area contributed by atoms with Crippen LogP contribution < -0.4 is 5.30 Å². The molecule has 4 aliphatic rings. The minimum atomic E-state index is -0.350. The second-order valence-electron chi connectivity index (χ2n) is 10.7. The molecule has 6 rings (SSSR count). The second-order valence-corrected chi connectivity index (χ2v) is 15.6. The Morgan fingerprint density at radius 3 is 1.95 bits per heavy atom. The van der Waals surface area contributed by atoms with Crippen LogP contribution in [0.5, 0.6) is 0 Å². The molecule has 1 atom stereocenters. The van der Waals surface area contributed by atoms with Crippen molar-refractivity contribution >= 4 is 21.1 Å². The van der Waals surface area contributed by atoms with Gasteiger partial charge in [-0.15, -0.1) is 35.5 Å². The number of hydrogen-bond donors (Lipinski definition) is 0. The van der Waals surface area contributed by atoms with E-state index in [2.05, 4.69) is 79.5 Å². The molecule has 0 spiro atoms. The molecular formula is C35H42FeP2. The normalized spacial score (nSPS) is 22.6. The molecule has 0 heterocycles. The first kappa shape index (κ1) is 29.5. The Bertz CT molecular complexity index is 1070. The summed E-state index contributed by atoms with van der Waals surface area (Å²) >= 11 is 0. The molecule has 0 radical (unpaired) electrons. The summed E-state index contributed by atoms with van der Waals surface area (Å²) in [4.78, 5) is 0. The van der Waals surface area contributed by atoms with Gasteiger partial charge in [0, 0.05) is 0 Å². The van der Waals surface area contributed by atoms with Gasteiger partial charge in [0.15, 0.2) is 0 Å². The van der Waals surface area contributed by atoms with E-state index in [4.69, 9.17) is 0 Å². The van der Waals surface area contributed by atoms with Crippen LogP contribution in [-0.2, 0) is 17.1 Å². The fourth-order valence-corrected chi connectivity index (χ4v) is 12.1. The van der Waals surface area contributed by atoms with E-state index in [1.165, 1.54) is 75.1 Å². The molecular weight excluding hydrogens is 538 g/mol. The Morgan fingerprint density at radius 1 is 0.737 bits per heavy atom. The quantitative estimate of drug-likeness (QED) is 0.188. The molecule has 200 valence electrons.